The van der Waals surface area contributed by atoms with Crippen LogP contribution in [0.2, 0.25) is 0 Å². The fraction of sp³-hybridized carbons (Fsp3) is 0.235. The summed E-state index contributed by atoms with van der Waals surface area (Å²) in [4.78, 5) is 3.93. The summed E-state index contributed by atoms with van der Waals surface area (Å²) in [5.41, 5.74) is 11.9. The average Bonchev–Trinajstić information content (AvgIpc) is 2.49. The molecule has 3 nitrogen and oxygen atoms in total. The van der Waals surface area contributed by atoms with E-state index in [1.165, 1.54) is 13.0 Å². The van der Waals surface area contributed by atoms with E-state index in [0.29, 0.717) is 5.56 Å². The molecule has 0 saturated heterocycles. The Morgan fingerprint density at radius 2 is 1.88 bits per heavy atom. The Labute approximate surface area is 146 Å². The summed E-state index contributed by atoms with van der Waals surface area (Å²) in [5.74, 6) is -0.219. The van der Waals surface area contributed by atoms with Crippen LogP contribution in [0.1, 0.15) is 23.6 Å². The molecule has 4 N–H and O–H groups in total. The smallest absolute Gasteiger partial charge is 0.370 e. The van der Waals surface area contributed by atoms with Gasteiger partial charge in [-0.15, -0.1) is 0 Å². The third-order valence-corrected chi connectivity index (χ3v) is 4.66. The molecule has 2 rings (SSSR count). The van der Waals surface area contributed by atoms with Crippen LogP contribution in [0.15, 0.2) is 39.8 Å². The molecular formula is C17H17BrF3N3. The minimum Gasteiger partial charge on any atom is -0.370 e. The molecule has 0 atom stereocenters. The lowest BCUT2D eigenvalue weighted by atomic mass is 9.93. The maximum Gasteiger partial charge on any atom is 0.417 e. The molecule has 0 aliphatic carbocycles. The molecule has 24 heavy (non-hydrogen) atoms. The van der Waals surface area contributed by atoms with Gasteiger partial charge < -0.3 is 11.5 Å². The number of aliphatic imine (C=N–C) groups is 1. The Hall–Kier alpha value is -2.02. The maximum atomic E-state index is 13.6. The molecule has 0 heterocycles. The van der Waals surface area contributed by atoms with E-state index in [0.717, 1.165) is 12.0 Å². The van der Waals surface area contributed by atoms with Gasteiger partial charge in [-0.1, -0.05) is 31.2 Å². The van der Waals surface area contributed by atoms with Gasteiger partial charge in [-0.3, -0.25) is 0 Å². The Bertz CT molecular complexity index is 794. The third-order valence-electron chi connectivity index (χ3n) is 3.66. The van der Waals surface area contributed by atoms with E-state index in [1.807, 2.05) is 13.0 Å². The number of hydrogen-bond donors (Lipinski definition) is 2. The first-order valence-electron chi connectivity index (χ1n) is 7.24. The first-order valence-corrected chi connectivity index (χ1v) is 8.03. The number of nitrogens with zero attached hydrogens (tertiary/aromatic N) is 1. The average molecular weight is 400 g/mol. The predicted octanol–water partition coefficient (Wildman–Crippen LogP) is 4.91. The van der Waals surface area contributed by atoms with Gasteiger partial charge in [0, 0.05) is 4.47 Å². The molecule has 0 spiro atoms. The maximum absolute atomic E-state index is 13.6. The quantitative estimate of drug-likeness (QED) is 0.568. The van der Waals surface area contributed by atoms with Crippen molar-refractivity contribution in [3.63, 3.8) is 0 Å². The van der Waals surface area contributed by atoms with Crippen molar-refractivity contribution in [1.29, 1.82) is 0 Å². The molecule has 0 aliphatic heterocycles. The molecule has 0 amide bonds. The van der Waals surface area contributed by atoms with Crippen LogP contribution < -0.4 is 11.5 Å². The van der Waals surface area contributed by atoms with Crippen molar-refractivity contribution in [3.05, 3.63) is 51.5 Å². The van der Waals surface area contributed by atoms with Crippen LogP contribution in [-0.4, -0.2) is 5.96 Å². The second-order valence-electron chi connectivity index (χ2n) is 5.35. The van der Waals surface area contributed by atoms with Crippen LogP contribution in [0.4, 0.5) is 18.9 Å². The van der Waals surface area contributed by atoms with Crippen molar-refractivity contribution in [2.45, 2.75) is 26.4 Å². The van der Waals surface area contributed by atoms with E-state index in [9.17, 15) is 13.2 Å². The number of alkyl halides is 3. The fourth-order valence-electron chi connectivity index (χ4n) is 2.55. The summed E-state index contributed by atoms with van der Waals surface area (Å²) in [7, 11) is 0. The Kier molecular flexibility index (Phi) is 5.22. The van der Waals surface area contributed by atoms with Crippen LogP contribution in [0.25, 0.3) is 11.1 Å². The molecule has 0 bridgehead atoms. The monoisotopic (exact) mass is 399 g/mol. The van der Waals surface area contributed by atoms with Gasteiger partial charge in [0.2, 0.25) is 0 Å². The number of aryl methyl sites for hydroxylation is 1. The van der Waals surface area contributed by atoms with E-state index in [2.05, 4.69) is 20.9 Å². The molecule has 0 fully saturated rings. The summed E-state index contributed by atoms with van der Waals surface area (Å²) in [6.45, 7) is 3.34. The third kappa shape index (κ3) is 3.72. The summed E-state index contributed by atoms with van der Waals surface area (Å²) < 4.78 is 41.2. The summed E-state index contributed by atoms with van der Waals surface area (Å²) in [6.07, 6.45) is -3.77. The van der Waals surface area contributed by atoms with Gasteiger partial charge in [0.1, 0.15) is 0 Å². The predicted molar refractivity (Wildman–Crippen MR) is 94.2 cm³/mol. The Morgan fingerprint density at radius 1 is 1.21 bits per heavy atom. The summed E-state index contributed by atoms with van der Waals surface area (Å²) >= 11 is 3.17. The van der Waals surface area contributed by atoms with Crippen molar-refractivity contribution in [3.8, 4) is 11.1 Å². The van der Waals surface area contributed by atoms with Crippen molar-refractivity contribution in [2.24, 2.45) is 16.5 Å². The molecular weight excluding hydrogens is 383 g/mol. The highest BCUT2D eigenvalue weighted by atomic mass is 79.9. The molecule has 0 radical (unpaired) electrons. The van der Waals surface area contributed by atoms with Crippen molar-refractivity contribution in [2.75, 3.05) is 0 Å². The van der Waals surface area contributed by atoms with Crippen molar-refractivity contribution < 1.29 is 13.2 Å². The van der Waals surface area contributed by atoms with E-state index >= 15 is 0 Å². The topological polar surface area (TPSA) is 64.4 Å². The first kappa shape index (κ1) is 18.3. The van der Waals surface area contributed by atoms with Crippen LogP contribution in [0, 0.1) is 6.92 Å². The second-order valence-corrected chi connectivity index (χ2v) is 6.14. The molecule has 128 valence electrons. The highest BCUT2D eigenvalue weighted by molar-refractivity contribution is 9.10. The number of hydrogen-bond acceptors (Lipinski definition) is 1. The van der Waals surface area contributed by atoms with Gasteiger partial charge in [-0.05, 0) is 57.6 Å². The van der Waals surface area contributed by atoms with Crippen LogP contribution in [0.3, 0.4) is 0 Å². The molecule has 2 aromatic carbocycles. The van der Waals surface area contributed by atoms with Gasteiger partial charge in [-0.25, -0.2) is 4.99 Å². The normalized spacial score (nSPS) is 11.4. The molecule has 0 saturated carbocycles. The SMILES string of the molecule is CCc1cccc(-c2cc(N=C(N)N)c(Br)c(C)c2C(F)(F)F)c1. The second kappa shape index (κ2) is 6.84. The molecule has 0 aliphatic rings. The van der Waals surface area contributed by atoms with Gasteiger partial charge in [0.15, 0.2) is 5.96 Å². The summed E-state index contributed by atoms with van der Waals surface area (Å²) in [6, 6.07) is 8.37. The van der Waals surface area contributed by atoms with Crippen LogP contribution in [0.5, 0.6) is 0 Å². The van der Waals surface area contributed by atoms with Crippen LogP contribution in [-0.2, 0) is 12.6 Å². The minimum atomic E-state index is -4.50. The minimum absolute atomic E-state index is 0.0434. The van der Waals surface area contributed by atoms with Gasteiger partial charge in [-0.2, -0.15) is 13.2 Å². The zero-order chi connectivity index (χ0) is 18.1. The lowest BCUT2D eigenvalue weighted by Gasteiger charge is -2.19. The molecule has 2 aromatic rings. The number of nitrogens with two attached hydrogens (primary N) is 2. The zero-order valence-electron chi connectivity index (χ0n) is 13.2. The Balaban J connectivity index is 2.85. The summed E-state index contributed by atoms with van der Waals surface area (Å²) in [5, 5.41) is 0. The van der Waals surface area contributed by atoms with E-state index in [4.69, 9.17) is 11.5 Å². The zero-order valence-corrected chi connectivity index (χ0v) is 14.8. The number of rotatable bonds is 3. The molecule has 0 aromatic heterocycles. The van der Waals surface area contributed by atoms with E-state index in [-0.39, 0.29) is 27.2 Å². The van der Waals surface area contributed by atoms with E-state index in [1.54, 1.807) is 18.2 Å². The van der Waals surface area contributed by atoms with Crippen molar-refractivity contribution in [1.82, 2.24) is 0 Å². The van der Waals surface area contributed by atoms with Crippen LogP contribution >= 0.6 is 15.9 Å². The number of benzene rings is 2. The lowest BCUT2D eigenvalue weighted by molar-refractivity contribution is -0.137. The highest BCUT2D eigenvalue weighted by Gasteiger charge is 2.37. The van der Waals surface area contributed by atoms with Gasteiger partial charge in [0.25, 0.3) is 0 Å². The lowest BCUT2D eigenvalue weighted by Crippen LogP contribution is -2.22. The standard InChI is InChI=1S/C17H17BrF3N3/c1-3-10-5-4-6-11(7-10)12-8-13(24-16(22)23)15(18)9(2)14(12)17(19,20)21/h4-8H,3H2,1-2H3,(H4,22,23,24). The largest absolute Gasteiger partial charge is 0.417 e. The fourth-order valence-corrected chi connectivity index (χ4v) is 2.95. The highest BCUT2D eigenvalue weighted by Crippen LogP contribution is 2.45. The van der Waals surface area contributed by atoms with Gasteiger partial charge in [0.05, 0.1) is 11.3 Å². The number of halogens is 4. The first-order chi connectivity index (χ1) is 11.1. The Morgan fingerprint density at radius 3 is 2.42 bits per heavy atom. The van der Waals surface area contributed by atoms with Crippen molar-refractivity contribution >= 4 is 27.6 Å². The molecule has 7 heteroatoms. The number of guanidine groups is 1. The van der Waals surface area contributed by atoms with E-state index < -0.39 is 11.7 Å². The van der Waals surface area contributed by atoms with Gasteiger partial charge >= 0.3 is 6.18 Å². The molecule has 0 unspecified atom stereocenters.